The lowest BCUT2D eigenvalue weighted by atomic mass is 9.84. The van der Waals surface area contributed by atoms with Crippen LogP contribution in [0.15, 0.2) is 0 Å². The number of ether oxygens (including phenoxy) is 1. The lowest BCUT2D eigenvalue weighted by molar-refractivity contribution is -0.123. The molecular weight excluding hydrogens is 228 g/mol. The third-order valence-electron chi connectivity index (χ3n) is 4.45. The monoisotopic (exact) mass is 254 g/mol. The summed E-state index contributed by atoms with van der Waals surface area (Å²) in [5.74, 6) is 0.765. The van der Waals surface area contributed by atoms with E-state index in [-0.39, 0.29) is 5.91 Å². The second kappa shape index (κ2) is 6.53. The van der Waals surface area contributed by atoms with E-state index < -0.39 is 0 Å². The van der Waals surface area contributed by atoms with E-state index in [9.17, 15) is 4.79 Å². The first kappa shape index (κ1) is 13.8. The van der Waals surface area contributed by atoms with Crippen molar-refractivity contribution in [3.8, 4) is 0 Å². The van der Waals surface area contributed by atoms with E-state index >= 15 is 0 Å². The first-order chi connectivity index (χ1) is 8.67. The minimum absolute atomic E-state index is 0.220. The molecule has 0 radical (unpaired) electrons. The predicted molar refractivity (Wildman–Crippen MR) is 71.1 cm³/mol. The van der Waals surface area contributed by atoms with E-state index in [0.717, 1.165) is 44.9 Å². The van der Waals surface area contributed by atoms with Crippen LogP contribution in [0.5, 0.6) is 0 Å². The molecule has 3 N–H and O–H groups in total. The van der Waals surface area contributed by atoms with E-state index in [1.165, 1.54) is 0 Å². The normalized spacial score (nSPS) is 36.6. The molecule has 2 atom stereocenters. The zero-order chi connectivity index (χ0) is 13.0. The molecule has 2 unspecified atom stereocenters. The molecule has 2 fully saturated rings. The van der Waals surface area contributed by atoms with E-state index in [4.69, 9.17) is 10.5 Å². The van der Waals surface area contributed by atoms with E-state index in [1.54, 1.807) is 7.11 Å². The summed E-state index contributed by atoms with van der Waals surface area (Å²) < 4.78 is 5.32. The van der Waals surface area contributed by atoms with Gasteiger partial charge in [-0.25, -0.2) is 0 Å². The number of nitrogens with two attached hydrogens (primary N) is 1. The molecule has 0 bridgehead atoms. The number of nitrogens with one attached hydrogen (secondary N) is 1. The highest BCUT2D eigenvalue weighted by molar-refractivity contribution is 5.76. The van der Waals surface area contributed by atoms with Gasteiger partial charge in [-0.2, -0.15) is 0 Å². The molecule has 0 aromatic rings. The SMILES string of the molecule is COC1CCC(NC(=O)CC2CCC(N)CC2)C1. The smallest absolute Gasteiger partial charge is 0.220 e. The zero-order valence-corrected chi connectivity index (χ0v) is 11.4. The summed E-state index contributed by atoms with van der Waals surface area (Å²) in [5, 5.41) is 3.15. The van der Waals surface area contributed by atoms with Crippen molar-refractivity contribution in [2.45, 2.75) is 69.6 Å². The van der Waals surface area contributed by atoms with Crippen LogP contribution in [0.1, 0.15) is 51.4 Å². The average molecular weight is 254 g/mol. The van der Waals surface area contributed by atoms with Crippen LogP contribution in [0.4, 0.5) is 0 Å². The number of hydrogen-bond acceptors (Lipinski definition) is 3. The molecule has 1 amide bonds. The zero-order valence-electron chi connectivity index (χ0n) is 11.4. The van der Waals surface area contributed by atoms with Gasteiger partial charge in [-0.1, -0.05) is 0 Å². The quantitative estimate of drug-likeness (QED) is 0.800. The number of carbonyl (C=O) groups is 1. The van der Waals surface area contributed by atoms with Gasteiger partial charge in [0, 0.05) is 25.6 Å². The summed E-state index contributed by atoms with van der Waals surface area (Å²) >= 11 is 0. The Kier molecular flexibility index (Phi) is 5.01. The van der Waals surface area contributed by atoms with Crippen molar-refractivity contribution >= 4 is 5.91 Å². The largest absolute Gasteiger partial charge is 0.381 e. The molecule has 4 nitrogen and oxygen atoms in total. The van der Waals surface area contributed by atoms with Gasteiger partial charge in [-0.15, -0.1) is 0 Å². The third-order valence-corrected chi connectivity index (χ3v) is 4.45. The van der Waals surface area contributed by atoms with Crippen LogP contribution >= 0.6 is 0 Å². The molecule has 0 aliphatic heterocycles. The van der Waals surface area contributed by atoms with Crippen molar-refractivity contribution in [3.63, 3.8) is 0 Å². The van der Waals surface area contributed by atoms with Crippen LogP contribution in [0.25, 0.3) is 0 Å². The minimum Gasteiger partial charge on any atom is -0.381 e. The fraction of sp³-hybridized carbons (Fsp3) is 0.929. The van der Waals surface area contributed by atoms with Crippen LogP contribution in [-0.4, -0.2) is 31.2 Å². The van der Waals surface area contributed by atoms with Crippen LogP contribution in [-0.2, 0) is 9.53 Å². The molecule has 18 heavy (non-hydrogen) atoms. The summed E-state index contributed by atoms with van der Waals surface area (Å²) in [4.78, 5) is 12.0. The molecule has 2 saturated carbocycles. The molecule has 0 aromatic heterocycles. The topological polar surface area (TPSA) is 64.3 Å². The van der Waals surface area contributed by atoms with E-state index in [1.807, 2.05) is 0 Å². The Morgan fingerprint density at radius 2 is 1.94 bits per heavy atom. The highest BCUT2D eigenvalue weighted by Crippen LogP contribution is 2.26. The molecule has 0 aromatic carbocycles. The van der Waals surface area contributed by atoms with E-state index in [2.05, 4.69) is 5.32 Å². The maximum Gasteiger partial charge on any atom is 0.220 e. The van der Waals surface area contributed by atoms with Crippen LogP contribution in [0.3, 0.4) is 0 Å². The first-order valence-electron chi connectivity index (χ1n) is 7.25. The van der Waals surface area contributed by atoms with Gasteiger partial charge in [0.2, 0.25) is 5.91 Å². The number of carbonyl (C=O) groups excluding carboxylic acids is 1. The fourth-order valence-corrected chi connectivity index (χ4v) is 3.23. The van der Waals surface area contributed by atoms with Gasteiger partial charge in [0.05, 0.1) is 6.10 Å². The van der Waals surface area contributed by atoms with Gasteiger partial charge >= 0.3 is 0 Å². The maximum absolute atomic E-state index is 12.0. The Morgan fingerprint density at radius 1 is 1.22 bits per heavy atom. The number of methoxy groups -OCH3 is 1. The number of amides is 1. The second-order valence-corrected chi connectivity index (χ2v) is 5.92. The molecule has 2 aliphatic rings. The summed E-state index contributed by atoms with van der Waals surface area (Å²) in [6.07, 6.45) is 8.49. The standard InChI is InChI=1S/C14H26N2O2/c1-18-13-7-6-12(9-13)16-14(17)8-10-2-4-11(15)5-3-10/h10-13H,2-9,15H2,1H3,(H,16,17). The predicted octanol–water partition coefficient (Wildman–Crippen LogP) is 1.58. The molecule has 104 valence electrons. The Hall–Kier alpha value is -0.610. The Morgan fingerprint density at radius 3 is 2.56 bits per heavy atom. The molecule has 4 heteroatoms. The summed E-state index contributed by atoms with van der Waals surface area (Å²) in [5.41, 5.74) is 5.88. The Labute approximate surface area is 110 Å². The molecule has 2 rings (SSSR count). The van der Waals surface area contributed by atoms with Crippen molar-refractivity contribution < 1.29 is 9.53 Å². The lowest BCUT2D eigenvalue weighted by Gasteiger charge is -2.26. The van der Waals surface area contributed by atoms with Crippen molar-refractivity contribution in [3.05, 3.63) is 0 Å². The van der Waals surface area contributed by atoms with Gasteiger partial charge < -0.3 is 15.8 Å². The van der Waals surface area contributed by atoms with Gasteiger partial charge in [-0.05, 0) is 50.9 Å². The van der Waals surface area contributed by atoms with Crippen LogP contribution < -0.4 is 11.1 Å². The third kappa shape index (κ3) is 3.95. The van der Waals surface area contributed by atoms with Crippen LogP contribution in [0.2, 0.25) is 0 Å². The molecular formula is C14H26N2O2. The maximum atomic E-state index is 12.0. The van der Waals surface area contributed by atoms with Gasteiger partial charge in [-0.3, -0.25) is 4.79 Å². The molecule has 0 saturated heterocycles. The van der Waals surface area contributed by atoms with E-state index in [0.29, 0.717) is 30.5 Å². The highest BCUT2D eigenvalue weighted by Gasteiger charge is 2.27. The average Bonchev–Trinajstić information content (AvgIpc) is 2.79. The van der Waals surface area contributed by atoms with Gasteiger partial charge in [0.1, 0.15) is 0 Å². The minimum atomic E-state index is 0.220. The van der Waals surface area contributed by atoms with Gasteiger partial charge in [0.25, 0.3) is 0 Å². The first-order valence-corrected chi connectivity index (χ1v) is 7.25. The van der Waals surface area contributed by atoms with Gasteiger partial charge in [0.15, 0.2) is 0 Å². The number of hydrogen-bond donors (Lipinski definition) is 2. The summed E-state index contributed by atoms with van der Waals surface area (Å²) in [6.45, 7) is 0. The second-order valence-electron chi connectivity index (χ2n) is 5.92. The Balaban J connectivity index is 1.66. The molecule has 2 aliphatic carbocycles. The Bertz CT molecular complexity index is 269. The molecule has 0 heterocycles. The highest BCUT2D eigenvalue weighted by atomic mass is 16.5. The van der Waals surface area contributed by atoms with Crippen LogP contribution in [0, 0.1) is 5.92 Å². The fourth-order valence-electron chi connectivity index (χ4n) is 3.23. The summed E-state index contributed by atoms with van der Waals surface area (Å²) in [6, 6.07) is 0.690. The van der Waals surface area contributed by atoms with Crippen molar-refractivity contribution in [1.29, 1.82) is 0 Å². The van der Waals surface area contributed by atoms with Crippen molar-refractivity contribution in [2.24, 2.45) is 11.7 Å². The number of rotatable bonds is 4. The van der Waals surface area contributed by atoms with Crippen molar-refractivity contribution in [2.75, 3.05) is 7.11 Å². The lowest BCUT2D eigenvalue weighted by Crippen LogP contribution is -2.35. The molecule has 0 spiro atoms. The van der Waals surface area contributed by atoms with Crippen molar-refractivity contribution in [1.82, 2.24) is 5.32 Å². The summed E-state index contributed by atoms with van der Waals surface area (Å²) in [7, 11) is 1.75.